The van der Waals surface area contributed by atoms with E-state index in [1.54, 1.807) is 12.3 Å². The van der Waals surface area contributed by atoms with Crippen LogP contribution in [0.2, 0.25) is 0 Å². The Morgan fingerprint density at radius 3 is 2.85 bits per heavy atom. The van der Waals surface area contributed by atoms with E-state index in [-0.39, 0.29) is 11.3 Å². The first kappa shape index (κ1) is 17.7. The van der Waals surface area contributed by atoms with Crippen LogP contribution in [0.1, 0.15) is 16.2 Å². The van der Waals surface area contributed by atoms with Gasteiger partial charge in [-0.05, 0) is 6.07 Å². The number of pyridine rings is 1. The molecule has 0 unspecified atom stereocenters. The Balaban J connectivity index is 1.84. The van der Waals surface area contributed by atoms with Crippen LogP contribution >= 0.6 is 0 Å². The maximum atomic E-state index is 12.3. The summed E-state index contributed by atoms with van der Waals surface area (Å²) in [6.07, 6.45) is 5.65. The average molecular weight is 371 g/mol. The fraction of sp³-hybridized carbons (Fsp3) is 0.133. The van der Waals surface area contributed by atoms with Crippen molar-refractivity contribution < 1.29 is 19.8 Å². The number of aromatic hydroxyl groups is 1. The molecule has 4 N–H and O–H groups in total. The minimum atomic E-state index is -1.26. The highest BCUT2D eigenvalue weighted by molar-refractivity contribution is 5.96. The molecular weight excluding hydrogens is 358 g/mol. The van der Waals surface area contributed by atoms with Gasteiger partial charge in [0.1, 0.15) is 18.6 Å². The Morgan fingerprint density at radius 1 is 1.33 bits per heavy atom. The SMILES string of the molecule is O=C(O)CNC(=O)c1[nH]cc(-c2cn(Cc3ccncn3)nn2)c(=O)c1O. The van der Waals surface area contributed by atoms with E-state index in [0.717, 1.165) is 0 Å². The van der Waals surface area contributed by atoms with Gasteiger partial charge in [-0.2, -0.15) is 0 Å². The Hall–Kier alpha value is -4.09. The van der Waals surface area contributed by atoms with Gasteiger partial charge in [-0.15, -0.1) is 5.10 Å². The number of H-pyrrole nitrogens is 1. The van der Waals surface area contributed by atoms with Crippen LogP contribution in [0.15, 0.2) is 35.8 Å². The number of amides is 1. The lowest BCUT2D eigenvalue weighted by atomic mass is 10.1. The van der Waals surface area contributed by atoms with Crippen LogP contribution in [0.5, 0.6) is 5.75 Å². The van der Waals surface area contributed by atoms with Crippen LogP contribution in [0.4, 0.5) is 0 Å². The second kappa shape index (κ2) is 7.43. The number of aromatic amines is 1. The van der Waals surface area contributed by atoms with Gasteiger partial charge in [0.25, 0.3) is 5.91 Å². The van der Waals surface area contributed by atoms with Crippen molar-refractivity contribution in [2.75, 3.05) is 6.54 Å². The molecule has 27 heavy (non-hydrogen) atoms. The van der Waals surface area contributed by atoms with E-state index in [1.807, 2.05) is 5.32 Å². The quantitative estimate of drug-likeness (QED) is 0.423. The zero-order valence-corrected chi connectivity index (χ0v) is 13.7. The first-order valence-corrected chi connectivity index (χ1v) is 7.55. The maximum Gasteiger partial charge on any atom is 0.322 e. The van der Waals surface area contributed by atoms with Gasteiger partial charge in [-0.25, -0.2) is 14.6 Å². The summed E-state index contributed by atoms with van der Waals surface area (Å²) in [4.78, 5) is 45.0. The fourth-order valence-corrected chi connectivity index (χ4v) is 2.20. The molecule has 0 fully saturated rings. The van der Waals surface area contributed by atoms with Gasteiger partial charge in [-0.3, -0.25) is 14.4 Å². The zero-order chi connectivity index (χ0) is 19.4. The van der Waals surface area contributed by atoms with Crippen molar-refractivity contribution in [3.05, 3.63) is 52.6 Å². The third-order valence-electron chi connectivity index (χ3n) is 3.47. The van der Waals surface area contributed by atoms with Gasteiger partial charge in [-0.1, -0.05) is 5.21 Å². The largest absolute Gasteiger partial charge is 0.503 e. The Bertz CT molecular complexity index is 1040. The second-order valence-electron chi connectivity index (χ2n) is 5.33. The van der Waals surface area contributed by atoms with E-state index in [4.69, 9.17) is 5.11 Å². The third-order valence-corrected chi connectivity index (χ3v) is 3.47. The summed E-state index contributed by atoms with van der Waals surface area (Å²) in [7, 11) is 0. The van der Waals surface area contributed by atoms with Gasteiger partial charge in [0.2, 0.25) is 5.43 Å². The standard InChI is InChI=1S/C15H13N7O5/c23-11(24)4-18-15(27)12-14(26)13(25)9(3-17-12)10-6-22(21-20-10)5-8-1-2-16-7-19-8/h1-3,6-7,26H,4-5H2,(H,17,25)(H,18,27)(H,23,24). The Kier molecular flexibility index (Phi) is 4.88. The van der Waals surface area contributed by atoms with E-state index in [0.29, 0.717) is 12.2 Å². The number of carboxylic acid groups (broad SMARTS) is 1. The lowest BCUT2D eigenvalue weighted by molar-refractivity contribution is -0.135. The monoisotopic (exact) mass is 371 g/mol. The molecule has 0 atom stereocenters. The van der Waals surface area contributed by atoms with Crippen molar-refractivity contribution in [2.24, 2.45) is 0 Å². The van der Waals surface area contributed by atoms with Gasteiger partial charge in [0.15, 0.2) is 11.4 Å². The second-order valence-corrected chi connectivity index (χ2v) is 5.33. The number of hydrogen-bond acceptors (Lipinski definition) is 8. The van der Waals surface area contributed by atoms with E-state index < -0.39 is 35.3 Å². The topological polar surface area (TPSA) is 176 Å². The minimum absolute atomic E-state index is 0.00350. The molecule has 3 rings (SSSR count). The smallest absolute Gasteiger partial charge is 0.322 e. The summed E-state index contributed by atoms with van der Waals surface area (Å²) in [5.74, 6) is -3.03. The summed E-state index contributed by atoms with van der Waals surface area (Å²) in [5.41, 5.74) is -0.431. The van der Waals surface area contributed by atoms with Crippen molar-refractivity contribution in [2.45, 2.75) is 6.54 Å². The van der Waals surface area contributed by atoms with Crippen molar-refractivity contribution >= 4 is 11.9 Å². The highest BCUT2D eigenvalue weighted by Gasteiger charge is 2.19. The van der Waals surface area contributed by atoms with Gasteiger partial charge < -0.3 is 20.5 Å². The number of hydrogen-bond donors (Lipinski definition) is 4. The number of nitrogens with one attached hydrogen (secondary N) is 2. The molecule has 0 saturated heterocycles. The van der Waals surface area contributed by atoms with Crippen LogP contribution in [-0.2, 0) is 11.3 Å². The van der Waals surface area contributed by atoms with E-state index in [9.17, 15) is 19.5 Å². The van der Waals surface area contributed by atoms with Crippen molar-refractivity contribution in [1.29, 1.82) is 0 Å². The molecule has 0 radical (unpaired) electrons. The number of nitrogens with zero attached hydrogens (tertiary/aromatic N) is 5. The molecule has 0 aliphatic rings. The molecule has 12 nitrogen and oxygen atoms in total. The zero-order valence-electron chi connectivity index (χ0n) is 13.7. The van der Waals surface area contributed by atoms with E-state index in [1.165, 1.54) is 23.4 Å². The van der Waals surface area contributed by atoms with Crippen LogP contribution in [-0.4, -0.2) is 58.6 Å². The normalized spacial score (nSPS) is 10.5. The van der Waals surface area contributed by atoms with Gasteiger partial charge >= 0.3 is 5.97 Å². The number of carboxylic acids is 1. The molecule has 138 valence electrons. The number of aromatic nitrogens is 6. The molecule has 1 amide bonds. The van der Waals surface area contributed by atoms with Crippen molar-refractivity contribution in [1.82, 2.24) is 35.3 Å². The first-order valence-electron chi connectivity index (χ1n) is 7.55. The lowest BCUT2D eigenvalue weighted by Gasteiger charge is -2.05. The summed E-state index contributed by atoms with van der Waals surface area (Å²) in [6, 6.07) is 1.70. The number of rotatable bonds is 6. The Labute approximate surface area is 150 Å². The molecule has 0 spiro atoms. The highest BCUT2D eigenvalue weighted by atomic mass is 16.4. The third kappa shape index (κ3) is 3.95. The molecule has 0 saturated carbocycles. The minimum Gasteiger partial charge on any atom is -0.503 e. The summed E-state index contributed by atoms with van der Waals surface area (Å²) in [5, 5.41) is 28.4. The maximum absolute atomic E-state index is 12.3. The molecule has 0 aliphatic carbocycles. The van der Waals surface area contributed by atoms with Crippen LogP contribution in [0, 0.1) is 0 Å². The summed E-state index contributed by atoms with van der Waals surface area (Å²) < 4.78 is 1.45. The highest BCUT2D eigenvalue weighted by Crippen LogP contribution is 2.17. The van der Waals surface area contributed by atoms with E-state index >= 15 is 0 Å². The molecule has 3 aromatic heterocycles. The average Bonchev–Trinajstić information content (AvgIpc) is 3.11. The summed E-state index contributed by atoms with van der Waals surface area (Å²) >= 11 is 0. The first-order chi connectivity index (χ1) is 13.0. The van der Waals surface area contributed by atoms with Gasteiger partial charge in [0.05, 0.1) is 24.0 Å². The molecule has 0 aromatic carbocycles. The van der Waals surface area contributed by atoms with Gasteiger partial charge in [0, 0.05) is 12.4 Å². The summed E-state index contributed by atoms with van der Waals surface area (Å²) in [6.45, 7) is -0.353. The predicted molar refractivity (Wildman–Crippen MR) is 88.8 cm³/mol. The van der Waals surface area contributed by atoms with Crippen molar-refractivity contribution in [3.8, 4) is 17.0 Å². The molecule has 3 aromatic rings. The molecule has 0 bridgehead atoms. The number of carbonyl (C=O) groups excluding carboxylic acids is 1. The number of carbonyl (C=O) groups is 2. The fourth-order valence-electron chi connectivity index (χ4n) is 2.20. The van der Waals surface area contributed by atoms with Crippen LogP contribution in [0.3, 0.4) is 0 Å². The predicted octanol–water partition coefficient (Wildman–Crippen LogP) is -1.01. The van der Waals surface area contributed by atoms with E-state index in [2.05, 4.69) is 25.3 Å². The molecular formula is C15H13N7O5. The van der Waals surface area contributed by atoms with Crippen LogP contribution < -0.4 is 10.7 Å². The number of aliphatic carboxylic acids is 1. The molecule has 3 heterocycles. The lowest BCUT2D eigenvalue weighted by Crippen LogP contribution is -2.30. The molecule has 12 heteroatoms. The Morgan fingerprint density at radius 2 is 2.15 bits per heavy atom. The molecule has 0 aliphatic heterocycles. The van der Waals surface area contributed by atoms with Crippen molar-refractivity contribution in [3.63, 3.8) is 0 Å². The van der Waals surface area contributed by atoms with Crippen LogP contribution in [0.25, 0.3) is 11.3 Å².